The first kappa shape index (κ1) is 9.65. The lowest BCUT2D eigenvalue weighted by Gasteiger charge is -2.03. The second-order valence-corrected chi connectivity index (χ2v) is 3.80. The fraction of sp³-hybridized carbons (Fsp3) is 0. The van der Waals surface area contributed by atoms with Gasteiger partial charge in [-0.25, -0.2) is 0 Å². The predicted octanol–water partition coefficient (Wildman–Crippen LogP) is 1.56. The van der Waals surface area contributed by atoms with Crippen molar-refractivity contribution < 1.29 is 0 Å². The van der Waals surface area contributed by atoms with E-state index in [-0.39, 0.29) is 0 Å². The zero-order valence-electron chi connectivity index (χ0n) is 9.04. The minimum absolute atomic E-state index is 0.660. The SMILES string of the molecule is Nc1ccc2nnc(-c3ccccc3N)n2c1. The first-order valence-electron chi connectivity index (χ1n) is 5.21. The number of rotatable bonds is 1. The highest BCUT2D eigenvalue weighted by molar-refractivity contribution is 5.73. The lowest BCUT2D eigenvalue weighted by molar-refractivity contribution is 1.11. The molecule has 0 saturated heterocycles. The van der Waals surface area contributed by atoms with Crippen LogP contribution in [0, 0.1) is 0 Å². The van der Waals surface area contributed by atoms with Crippen molar-refractivity contribution in [1.29, 1.82) is 0 Å². The Morgan fingerprint density at radius 3 is 2.59 bits per heavy atom. The van der Waals surface area contributed by atoms with Crippen LogP contribution in [-0.2, 0) is 0 Å². The smallest absolute Gasteiger partial charge is 0.170 e. The van der Waals surface area contributed by atoms with E-state index in [1.54, 1.807) is 12.3 Å². The lowest BCUT2D eigenvalue weighted by Crippen LogP contribution is -1.95. The van der Waals surface area contributed by atoms with Gasteiger partial charge in [-0.1, -0.05) is 12.1 Å². The number of pyridine rings is 1. The molecule has 17 heavy (non-hydrogen) atoms. The third kappa shape index (κ3) is 1.48. The number of nitrogen functional groups attached to an aromatic ring is 2. The number of para-hydroxylation sites is 1. The Bertz CT molecular complexity index is 686. The summed E-state index contributed by atoms with van der Waals surface area (Å²) in [4.78, 5) is 0. The first-order chi connectivity index (χ1) is 8.25. The fourth-order valence-electron chi connectivity index (χ4n) is 1.79. The van der Waals surface area contributed by atoms with Crippen LogP contribution in [0.15, 0.2) is 42.6 Å². The van der Waals surface area contributed by atoms with Crippen LogP contribution in [0.2, 0.25) is 0 Å². The second-order valence-electron chi connectivity index (χ2n) is 3.80. The molecule has 2 aromatic heterocycles. The number of anilines is 2. The summed E-state index contributed by atoms with van der Waals surface area (Å²) >= 11 is 0. The third-order valence-corrected chi connectivity index (χ3v) is 2.63. The van der Waals surface area contributed by atoms with Gasteiger partial charge in [-0.15, -0.1) is 10.2 Å². The quantitative estimate of drug-likeness (QED) is 0.616. The monoisotopic (exact) mass is 225 g/mol. The summed E-state index contributed by atoms with van der Waals surface area (Å²) in [5.41, 5.74) is 14.6. The summed E-state index contributed by atoms with van der Waals surface area (Å²) in [6.07, 6.45) is 1.79. The van der Waals surface area contributed by atoms with Crippen molar-refractivity contribution in [2.24, 2.45) is 0 Å². The van der Waals surface area contributed by atoms with Crippen molar-refractivity contribution in [3.63, 3.8) is 0 Å². The van der Waals surface area contributed by atoms with Gasteiger partial charge in [0.1, 0.15) is 0 Å². The van der Waals surface area contributed by atoms with E-state index in [1.165, 1.54) is 0 Å². The maximum atomic E-state index is 5.93. The Kier molecular flexibility index (Phi) is 1.98. The molecule has 4 N–H and O–H groups in total. The van der Waals surface area contributed by atoms with Crippen LogP contribution < -0.4 is 11.5 Å². The largest absolute Gasteiger partial charge is 0.398 e. The molecule has 0 aliphatic heterocycles. The van der Waals surface area contributed by atoms with Crippen LogP contribution >= 0.6 is 0 Å². The number of nitrogens with two attached hydrogens (primary N) is 2. The summed E-state index contributed by atoms with van der Waals surface area (Å²) in [5, 5.41) is 8.22. The molecule has 5 nitrogen and oxygen atoms in total. The molecule has 0 aliphatic rings. The topological polar surface area (TPSA) is 82.2 Å². The summed E-state index contributed by atoms with van der Waals surface area (Å²) in [6.45, 7) is 0. The summed E-state index contributed by atoms with van der Waals surface area (Å²) in [6, 6.07) is 11.2. The molecule has 84 valence electrons. The molecule has 1 aromatic carbocycles. The number of benzene rings is 1. The zero-order chi connectivity index (χ0) is 11.8. The molecule has 3 rings (SSSR count). The van der Waals surface area contributed by atoms with Crippen LogP contribution in [0.3, 0.4) is 0 Å². The number of hydrogen-bond acceptors (Lipinski definition) is 4. The van der Waals surface area contributed by atoms with Gasteiger partial charge in [0.25, 0.3) is 0 Å². The van der Waals surface area contributed by atoms with Gasteiger partial charge in [-0.2, -0.15) is 0 Å². The highest BCUT2D eigenvalue weighted by atomic mass is 15.2. The van der Waals surface area contributed by atoms with Crippen LogP contribution in [0.5, 0.6) is 0 Å². The molecule has 0 bridgehead atoms. The molecular formula is C12H11N5. The molecule has 0 unspecified atom stereocenters. The molecular weight excluding hydrogens is 214 g/mol. The van der Waals surface area contributed by atoms with E-state index < -0.39 is 0 Å². The fourth-order valence-corrected chi connectivity index (χ4v) is 1.79. The normalized spacial score (nSPS) is 10.8. The Labute approximate surface area is 97.7 Å². The maximum absolute atomic E-state index is 5.93. The Morgan fingerprint density at radius 1 is 0.941 bits per heavy atom. The Morgan fingerprint density at radius 2 is 1.76 bits per heavy atom. The molecule has 0 atom stereocenters. The lowest BCUT2D eigenvalue weighted by atomic mass is 10.2. The summed E-state index contributed by atoms with van der Waals surface area (Å²) in [7, 11) is 0. The highest BCUT2D eigenvalue weighted by Gasteiger charge is 2.10. The van der Waals surface area contributed by atoms with E-state index in [1.807, 2.05) is 34.7 Å². The van der Waals surface area contributed by atoms with Crippen LogP contribution in [-0.4, -0.2) is 14.6 Å². The van der Waals surface area contributed by atoms with Crippen molar-refractivity contribution >= 4 is 17.0 Å². The van der Waals surface area contributed by atoms with Crippen molar-refractivity contribution in [2.45, 2.75) is 0 Å². The highest BCUT2D eigenvalue weighted by Crippen LogP contribution is 2.24. The molecule has 0 amide bonds. The summed E-state index contributed by atoms with van der Waals surface area (Å²) in [5.74, 6) is 0.699. The second kappa shape index (κ2) is 3.48. The van der Waals surface area contributed by atoms with E-state index in [0.717, 1.165) is 11.2 Å². The van der Waals surface area contributed by atoms with Gasteiger partial charge in [0, 0.05) is 23.1 Å². The average Bonchev–Trinajstić information content (AvgIpc) is 2.72. The number of hydrogen-bond donors (Lipinski definition) is 2. The number of fused-ring (bicyclic) bond motifs is 1. The van der Waals surface area contributed by atoms with Crippen molar-refractivity contribution in [3.8, 4) is 11.4 Å². The predicted molar refractivity (Wildman–Crippen MR) is 67.2 cm³/mol. The molecule has 3 aromatic rings. The van der Waals surface area contributed by atoms with Gasteiger partial charge >= 0.3 is 0 Å². The molecule has 0 fully saturated rings. The van der Waals surface area contributed by atoms with Crippen molar-refractivity contribution in [3.05, 3.63) is 42.6 Å². The van der Waals surface area contributed by atoms with E-state index >= 15 is 0 Å². The van der Waals surface area contributed by atoms with Gasteiger partial charge in [0.05, 0.1) is 0 Å². The van der Waals surface area contributed by atoms with Gasteiger partial charge in [-0.3, -0.25) is 4.40 Å². The van der Waals surface area contributed by atoms with Gasteiger partial charge < -0.3 is 11.5 Å². The standard InChI is InChI=1S/C12H11N5/c13-8-5-6-11-15-16-12(17(11)7-8)9-3-1-2-4-10(9)14/h1-7H,13-14H2. The van der Waals surface area contributed by atoms with Crippen molar-refractivity contribution in [2.75, 3.05) is 11.5 Å². The minimum Gasteiger partial charge on any atom is -0.398 e. The van der Waals surface area contributed by atoms with Gasteiger partial charge in [-0.05, 0) is 24.3 Å². The molecule has 0 radical (unpaired) electrons. The van der Waals surface area contributed by atoms with E-state index in [9.17, 15) is 0 Å². The summed E-state index contributed by atoms with van der Waals surface area (Å²) < 4.78 is 1.83. The first-order valence-corrected chi connectivity index (χ1v) is 5.21. The van der Waals surface area contributed by atoms with Gasteiger partial charge in [0.15, 0.2) is 11.5 Å². The van der Waals surface area contributed by atoms with E-state index in [2.05, 4.69) is 10.2 Å². The molecule has 0 saturated carbocycles. The van der Waals surface area contributed by atoms with E-state index in [4.69, 9.17) is 11.5 Å². The van der Waals surface area contributed by atoms with Gasteiger partial charge in [0.2, 0.25) is 0 Å². The van der Waals surface area contributed by atoms with Crippen LogP contribution in [0.1, 0.15) is 0 Å². The van der Waals surface area contributed by atoms with Crippen LogP contribution in [0.4, 0.5) is 11.4 Å². The third-order valence-electron chi connectivity index (χ3n) is 2.63. The van der Waals surface area contributed by atoms with E-state index in [0.29, 0.717) is 17.2 Å². The Hall–Kier alpha value is -2.56. The average molecular weight is 225 g/mol. The molecule has 0 spiro atoms. The minimum atomic E-state index is 0.660. The molecule has 0 aliphatic carbocycles. The van der Waals surface area contributed by atoms with Crippen molar-refractivity contribution in [1.82, 2.24) is 14.6 Å². The number of nitrogens with zero attached hydrogens (tertiary/aromatic N) is 3. The Balaban J connectivity index is 2.31. The number of aromatic nitrogens is 3. The molecule has 5 heteroatoms. The molecule has 2 heterocycles. The van der Waals surface area contributed by atoms with Crippen LogP contribution in [0.25, 0.3) is 17.0 Å². The zero-order valence-corrected chi connectivity index (χ0v) is 9.04. The maximum Gasteiger partial charge on any atom is 0.170 e.